The highest BCUT2D eigenvalue weighted by Gasteiger charge is 2.28. The standard InChI is InChI=1S/C17H38N2O2/c1-4-5-6-7-8-9-10-12-17(20-2,21-3)13-11-15-19-16-14-18/h19H,4-16,18H2,1-3H3. The Kier molecular flexibility index (Phi) is 14.7. The van der Waals surface area contributed by atoms with Crippen molar-refractivity contribution >= 4 is 0 Å². The van der Waals surface area contributed by atoms with Gasteiger partial charge in [0.1, 0.15) is 0 Å². The van der Waals surface area contributed by atoms with E-state index < -0.39 is 5.79 Å². The highest BCUT2D eigenvalue weighted by molar-refractivity contribution is 4.70. The molecular weight excluding hydrogens is 264 g/mol. The molecule has 0 unspecified atom stereocenters. The SMILES string of the molecule is CCCCCCCCCC(CCCNCCN)(OC)OC. The van der Waals surface area contributed by atoms with Crippen LogP contribution in [0.5, 0.6) is 0 Å². The molecule has 0 heterocycles. The number of hydrogen-bond donors (Lipinski definition) is 2. The van der Waals surface area contributed by atoms with Gasteiger partial charge in [-0.05, 0) is 19.4 Å². The molecule has 0 amide bonds. The second-order valence-electron chi connectivity index (χ2n) is 5.83. The lowest BCUT2D eigenvalue weighted by atomic mass is 10.0. The van der Waals surface area contributed by atoms with Crippen LogP contribution in [0.1, 0.15) is 71.1 Å². The molecule has 0 atom stereocenters. The third kappa shape index (κ3) is 11.1. The summed E-state index contributed by atoms with van der Waals surface area (Å²) in [4.78, 5) is 0. The van der Waals surface area contributed by atoms with E-state index in [1.165, 1.54) is 44.9 Å². The summed E-state index contributed by atoms with van der Waals surface area (Å²) < 4.78 is 11.3. The van der Waals surface area contributed by atoms with Crippen molar-refractivity contribution in [2.24, 2.45) is 5.73 Å². The van der Waals surface area contributed by atoms with Gasteiger partial charge in [0.05, 0.1) is 0 Å². The fourth-order valence-corrected chi connectivity index (χ4v) is 2.68. The maximum Gasteiger partial charge on any atom is 0.167 e. The number of ether oxygens (including phenoxy) is 2. The Morgan fingerprint density at radius 2 is 1.38 bits per heavy atom. The van der Waals surface area contributed by atoms with Crippen molar-refractivity contribution in [2.45, 2.75) is 76.9 Å². The van der Waals surface area contributed by atoms with Gasteiger partial charge in [-0.1, -0.05) is 45.4 Å². The zero-order chi connectivity index (χ0) is 15.8. The van der Waals surface area contributed by atoms with Crippen LogP contribution in [0.2, 0.25) is 0 Å². The Morgan fingerprint density at radius 1 is 0.810 bits per heavy atom. The number of nitrogens with one attached hydrogen (secondary N) is 1. The molecule has 0 saturated heterocycles. The lowest BCUT2D eigenvalue weighted by Crippen LogP contribution is -2.35. The first-order chi connectivity index (χ1) is 10.2. The number of unbranched alkanes of at least 4 members (excludes halogenated alkanes) is 6. The summed E-state index contributed by atoms with van der Waals surface area (Å²) in [5, 5.41) is 3.32. The molecule has 21 heavy (non-hydrogen) atoms. The van der Waals surface area contributed by atoms with E-state index in [0.717, 1.165) is 32.4 Å². The minimum Gasteiger partial charge on any atom is -0.353 e. The highest BCUT2D eigenvalue weighted by Crippen LogP contribution is 2.25. The van der Waals surface area contributed by atoms with Crippen LogP contribution in [0.25, 0.3) is 0 Å². The molecule has 0 saturated carbocycles. The third-order valence-electron chi connectivity index (χ3n) is 4.14. The van der Waals surface area contributed by atoms with Gasteiger partial charge >= 0.3 is 0 Å². The molecular formula is C17H38N2O2. The predicted molar refractivity (Wildman–Crippen MR) is 90.5 cm³/mol. The van der Waals surface area contributed by atoms with Crippen LogP contribution in [0.15, 0.2) is 0 Å². The quantitative estimate of drug-likeness (QED) is 0.339. The number of hydrogen-bond acceptors (Lipinski definition) is 4. The lowest BCUT2D eigenvalue weighted by molar-refractivity contribution is -0.216. The fourth-order valence-electron chi connectivity index (χ4n) is 2.68. The van der Waals surface area contributed by atoms with E-state index in [9.17, 15) is 0 Å². The Morgan fingerprint density at radius 3 is 1.95 bits per heavy atom. The van der Waals surface area contributed by atoms with Crippen LogP contribution in [-0.2, 0) is 9.47 Å². The average molecular weight is 303 g/mol. The van der Waals surface area contributed by atoms with Crippen LogP contribution in [0, 0.1) is 0 Å². The fraction of sp³-hybridized carbons (Fsp3) is 1.00. The van der Waals surface area contributed by atoms with Crippen LogP contribution in [-0.4, -0.2) is 39.6 Å². The highest BCUT2D eigenvalue weighted by atomic mass is 16.7. The Labute approximate surface area is 132 Å². The monoisotopic (exact) mass is 302 g/mol. The van der Waals surface area contributed by atoms with Crippen LogP contribution in [0.4, 0.5) is 0 Å². The normalized spacial score (nSPS) is 12.0. The van der Waals surface area contributed by atoms with Crippen molar-refractivity contribution in [2.75, 3.05) is 33.9 Å². The molecule has 0 aliphatic rings. The van der Waals surface area contributed by atoms with Crippen molar-refractivity contribution in [1.29, 1.82) is 0 Å². The van der Waals surface area contributed by atoms with E-state index in [0.29, 0.717) is 6.54 Å². The summed E-state index contributed by atoms with van der Waals surface area (Å²) in [6.45, 7) is 4.80. The molecule has 0 aromatic rings. The van der Waals surface area contributed by atoms with Gasteiger partial charge in [0.25, 0.3) is 0 Å². The maximum atomic E-state index is 5.66. The molecule has 3 N–H and O–H groups in total. The molecule has 4 nitrogen and oxygen atoms in total. The molecule has 4 heteroatoms. The molecule has 0 aliphatic heterocycles. The summed E-state index contributed by atoms with van der Waals surface area (Å²) in [6.07, 6.45) is 12.2. The molecule has 0 radical (unpaired) electrons. The molecule has 0 fully saturated rings. The maximum absolute atomic E-state index is 5.66. The van der Waals surface area contributed by atoms with Crippen molar-refractivity contribution in [1.82, 2.24) is 5.32 Å². The minimum atomic E-state index is -0.395. The smallest absolute Gasteiger partial charge is 0.167 e. The van der Waals surface area contributed by atoms with E-state index in [2.05, 4.69) is 12.2 Å². The summed E-state index contributed by atoms with van der Waals surface area (Å²) in [5.41, 5.74) is 5.46. The Bertz CT molecular complexity index is 209. The molecule has 0 spiro atoms. The van der Waals surface area contributed by atoms with Gasteiger partial charge < -0.3 is 20.5 Å². The van der Waals surface area contributed by atoms with Gasteiger partial charge in [-0.2, -0.15) is 0 Å². The van der Waals surface area contributed by atoms with Gasteiger partial charge in [-0.25, -0.2) is 0 Å². The number of nitrogens with two attached hydrogens (primary N) is 1. The predicted octanol–water partition coefficient (Wildman–Crippen LogP) is 3.44. The molecule has 0 bridgehead atoms. The third-order valence-corrected chi connectivity index (χ3v) is 4.14. The first-order valence-electron chi connectivity index (χ1n) is 8.75. The summed E-state index contributed by atoms with van der Waals surface area (Å²) in [6, 6.07) is 0. The van der Waals surface area contributed by atoms with E-state index in [1.807, 2.05) is 0 Å². The number of rotatable bonds is 16. The first kappa shape index (κ1) is 20.8. The van der Waals surface area contributed by atoms with E-state index >= 15 is 0 Å². The van der Waals surface area contributed by atoms with Gasteiger partial charge in [-0.15, -0.1) is 0 Å². The summed E-state index contributed by atoms with van der Waals surface area (Å²) >= 11 is 0. The first-order valence-corrected chi connectivity index (χ1v) is 8.75. The lowest BCUT2D eigenvalue weighted by Gasteiger charge is -2.31. The van der Waals surface area contributed by atoms with Crippen molar-refractivity contribution in [3.63, 3.8) is 0 Å². The van der Waals surface area contributed by atoms with Crippen molar-refractivity contribution in [3.8, 4) is 0 Å². The van der Waals surface area contributed by atoms with Crippen LogP contribution < -0.4 is 11.1 Å². The van der Waals surface area contributed by atoms with Crippen molar-refractivity contribution in [3.05, 3.63) is 0 Å². The van der Waals surface area contributed by atoms with Crippen LogP contribution >= 0.6 is 0 Å². The molecule has 128 valence electrons. The molecule has 0 aliphatic carbocycles. The molecule has 0 rings (SSSR count). The van der Waals surface area contributed by atoms with E-state index in [-0.39, 0.29) is 0 Å². The zero-order valence-electron chi connectivity index (χ0n) is 14.6. The van der Waals surface area contributed by atoms with Crippen LogP contribution in [0.3, 0.4) is 0 Å². The summed E-state index contributed by atoms with van der Waals surface area (Å²) in [5.74, 6) is -0.395. The second kappa shape index (κ2) is 14.8. The van der Waals surface area contributed by atoms with Gasteiger partial charge in [0.15, 0.2) is 5.79 Å². The molecule has 0 aromatic carbocycles. The largest absolute Gasteiger partial charge is 0.353 e. The topological polar surface area (TPSA) is 56.5 Å². The molecule has 0 aromatic heterocycles. The average Bonchev–Trinajstić information content (AvgIpc) is 2.52. The van der Waals surface area contributed by atoms with Gasteiger partial charge in [0, 0.05) is 40.2 Å². The van der Waals surface area contributed by atoms with Crippen molar-refractivity contribution < 1.29 is 9.47 Å². The minimum absolute atomic E-state index is 0.395. The van der Waals surface area contributed by atoms with Gasteiger partial charge in [-0.3, -0.25) is 0 Å². The number of methoxy groups -OCH3 is 2. The summed E-state index contributed by atoms with van der Waals surface area (Å²) in [7, 11) is 3.52. The second-order valence-corrected chi connectivity index (χ2v) is 5.83. The van der Waals surface area contributed by atoms with E-state index in [4.69, 9.17) is 15.2 Å². The Balaban J connectivity index is 3.77. The van der Waals surface area contributed by atoms with E-state index in [1.54, 1.807) is 14.2 Å². The van der Waals surface area contributed by atoms with Gasteiger partial charge in [0.2, 0.25) is 0 Å². The zero-order valence-corrected chi connectivity index (χ0v) is 14.6. The Hall–Kier alpha value is -0.160.